The number of nitriles is 1. The van der Waals surface area contributed by atoms with E-state index >= 15 is 0 Å². The lowest BCUT2D eigenvalue weighted by molar-refractivity contribution is -0.113. The van der Waals surface area contributed by atoms with Crippen LogP contribution in [0, 0.1) is 17.1 Å². The van der Waals surface area contributed by atoms with Gasteiger partial charge in [0.15, 0.2) is 5.78 Å². The lowest BCUT2D eigenvalue weighted by Crippen LogP contribution is -2.30. The number of anilines is 2. The number of pyridine rings is 1. The first-order valence-electron chi connectivity index (χ1n) is 13.1. The molecule has 8 nitrogen and oxygen atoms in total. The number of hydrogen-bond acceptors (Lipinski definition) is 8. The molecule has 0 spiro atoms. The Balaban J connectivity index is 1.59. The Morgan fingerprint density at radius 1 is 1.27 bits per heavy atom. The number of benzene rings is 2. The third-order valence-corrected chi connectivity index (χ3v) is 7.69. The van der Waals surface area contributed by atoms with Crippen LogP contribution in [0.5, 0.6) is 0 Å². The minimum Gasteiger partial charge on any atom is -0.399 e. The molecule has 0 radical (unpaired) electrons. The van der Waals surface area contributed by atoms with E-state index in [-0.39, 0.29) is 23.2 Å². The lowest BCUT2D eigenvalue weighted by atomic mass is 9.98. The second kappa shape index (κ2) is 11.8. The molecule has 1 saturated carbocycles. The van der Waals surface area contributed by atoms with Crippen molar-refractivity contribution in [3.63, 3.8) is 0 Å². The fourth-order valence-corrected chi connectivity index (χ4v) is 5.43. The zero-order valence-electron chi connectivity index (χ0n) is 22.2. The molecule has 1 atom stereocenters. The topological polar surface area (TPSA) is 133 Å². The van der Waals surface area contributed by atoms with Crippen molar-refractivity contribution in [2.75, 3.05) is 10.6 Å². The number of Topliss-reactive ketones (excluding diaryl/α,β-unsaturated/α-hetero) is 1. The number of aromatic nitrogens is 1. The molecule has 1 aromatic heterocycles. The fourth-order valence-electron chi connectivity index (χ4n) is 4.81. The molecule has 0 saturated heterocycles. The lowest BCUT2D eigenvalue weighted by Gasteiger charge is -2.24. The second-order valence-electron chi connectivity index (χ2n) is 10.1. The van der Waals surface area contributed by atoms with Gasteiger partial charge in [-0.3, -0.25) is 9.78 Å². The third kappa shape index (κ3) is 6.15. The van der Waals surface area contributed by atoms with Crippen LogP contribution >= 0.6 is 23.2 Å². The quantitative estimate of drug-likeness (QED) is 0.167. The van der Waals surface area contributed by atoms with Gasteiger partial charge in [0.25, 0.3) is 0 Å². The third-order valence-electron chi connectivity index (χ3n) is 7.02. The Labute approximate surface area is 247 Å². The summed E-state index contributed by atoms with van der Waals surface area (Å²) in [6.07, 6.45) is 8.17. The predicted molar refractivity (Wildman–Crippen MR) is 160 cm³/mol. The van der Waals surface area contributed by atoms with Crippen LogP contribution in [0.1, 0.15) is 49.8 Å². The van der Waals surface area contributed by atoms with E-state index in [9.17, 15) is 14.4 Å². The molecule has 1 fully saturated rings. The molecule has 6 N–H and O–H groups in total. The zero-order valence-corrected chi connectivity index (χ0v) is 23.7. The first-order valence-corrected chi connectivity index (χ1v) is 13.8. The Morgan fingerprint density at radius 3 is 2.66 bits per heavy atom. The fraction of sp³-hybridized carbons (Fsp3) is 0.233. The number of hydrogen-bond donors (Lipinski definition) is 4. The van der Waals surface area contributed by atoms with Gasteiger partial charge < -0.3 is 21.4 Å². The van der Waals surface area contributed by atoms with Gasteiger partial charge in [0, 0.05) is 40.2 Å². The average Bonchev–Trinajstić information content (AvgIpc) is 3.78. The predicted octanol–water partition coefficient (Wildman–Crippen LogP) is 6.36. The Kier molecular flexibility index (Phi) is 8.18. The molecule has 1 unspecified atom stereocenters. The highest BCUT2D eigenvalue weighted by molar-refractivity contribution is 6.36. The normalized spacial score (nSPS) is 16.2. The highest BCUT2D eigenvalue weighted by atomic mass is 35.5. The van der Waals surface area contributed by atoms with Crippen LogP contribution in [-0.4, -0.2) is 21.8 Å². The summed E-state index contributed by atoms with van der Waals surface area (Å²) in [6, 6.07) is 11.3. The molecule has 2 aromatic carbocycles. The molecular formula is C30H28Cl2FN7O. The van der Waals surface area contributed by atoms with E-state index in [4.69, 9.17) is 34.8 Å². The van der Waals surface area contributed by atoms with Crippen molar-refractivity contribution in [3.8, 4) is 6.07 Å². The SMILES string of the molecule is CC(=O)C1=C(Cl)CCC=C1Nc1c(C#N)cnc2c(Cl)cc(NC(/C(N)=C/N(N)C3CC3)c3ccc(F)cc3)cc12. The van der Waals surface area contributed by atoms with Crippen LogP contribution in [0.25, 0.3) is 10.9 Å². The minimum atomic E-state index is -0.579. The maximum absolute atomic E-state index is 13.8. The highest BCUT2D eigenvalue weighted by Crippen LogP contribution is 2.38. The van der Waals surface area contributed by atoms with E-state index in [0.717, 1.165) is 12.8 Å². The molecule has 0 aliphatic heterocycles. The summed E-state index contributed by atoms with van der Waals surface area (Å²) < 4.78 is 13.8. The molecule has 0 amide bonds. The van der Waals surface area contributed by atoms with Crippen LogP contribution in [0.2, 0.25) is 5.02 Å². The van der Waals surface area contributed by atoms with Gasteiger partial charge in [-0.1, -0.05) is 41.4 Å². The van der Waals surface area contributed by atoms with Gasteiger partial charge in [0.1, 0.15) is 11.9 Å². The molecule has 0 bridgehead atoms. The first-order chi connectivity index (χ1) is 19.7. The summed E-state index contributed by atoms with van der Waals surface area (Å²) in [5, 5.41) is 19.5. The average molecular weight is 593 g/mol. The zero-order chi connectivity index (χ0) is 29.3. The maximum Gasteiger partial charge on any atom is 0.163 e. The van der Waals surface area contributed by atoms with Crippen molar-refractivity contribution in [1.29, 1.82) is 5.26 Å². The Hall–Kier alpha value is -4.10. The summed E-state index contributed by atoms with van der Waals surface area (Å²) >= 11 is 13.1. The van der Waals surface area contributed by atoms with E-state index in [0.29, 0.717) is 67.7 Å². The van der Waals surface area contributed by atoms with E-state index in [1.807, 2.05) is 6.08 Å². The number of nitrogens with one attached hydrogen (secondary N) is 2. The summed E-state index contributed by atoms with van der Waals surface area (Å²) in [5.74, 6) is 5.62. The molecule has 210 valence electrons. The van der Waals surface area contributed by atoms with E-state index < -0.39 is 6.04 Å². The number of rotatable bonds is 9. The number of carbonyl (C=O) groups excluding carboxylic acids is 1. The van der Waals surface area contributed by atoms with Crippen LogP contribution < -0.4 is 22.2 Å². The smallest absolute Gasteiger partial charge is 0.163 e. The van der Waals surface area contributed by atoms with Crippen molar-refractivity contribution in [2.24, 2.45) is 11.6 Å². The van der Waals surface area contributed by atoms with Gasteiger partial charge in [0.05, 0.1) is 39.1 Å². The van der Waals surface area contributed by atoms with Crippen LogP contribution in [0.3, 0.4) is 0 Å². The standard InChI is InChI=1S/C30H28Cl2FN7O/c1-16(41)27-23(31)3-2-4-26(27)39-28-18(13-34)14-37-30-22(28)11-20(12-24(30)32)38-29(17-5-7-19(33)8-6-17)25(35)15-40(36)21-9-10-21/h4-8,11-12,14-15,21,29,38H,2-3,9-10,35-36H2,1H3,(H,37,39)/b25-15-. The number of fused-ring (bicyclic) bond motifs is 1. The minimum absolute atomic E-state index is 0.185. The molecule has 5 rings (SSSR count). The van der Waals surface area contributed by atoms with Gasteiger partial charge in [-0.25, -0.2) is 10.2 Å². The van der Waals surface area contributed by atoms with E-state index in [2.05, 4.69) is 21.7 Å². The van der Waals surface area contributed by atoms with Gasteiger partial charge in [0.2, 0.25) is 0 Å². The summed E-state index contributed by atoms with van der Waals surface area (Å²) in [6.45, 7) is 1.45. The number of ketones is 1. The van der Waals surface area contributed by atoms with Crippen LogP contribution in [0.4, 0.5) is 15.8 Å². The van der Waals surface area contributed by atoms with E-state index in [1.54, 1.807) is 35.5 Å². The monoisotopic (exact) mass is 591 g/mol. The van der Waals surface area contributed by atoms with Gasteiger partial charge in [-0.15, -0.1) is 0 Å². The number of nitrogens with zero attached hydrogens (tertiary/aromatic N) is 3. The van der Waals surface area contributed by atoms with E-state index in [1.165, 1.54) is 25.3 Å². The second-order valence-corrected chi connectivity index (χ2v) is 10.9. The molecule has 2 aliphatic carbocycles. The van der Waals surface area contributed by atoms with Crippen LogP contribution in [0.15, 0.2) is 76.9 Å². The molecule has 2 aliphatic rings. The van der Waals surface area contributed by atoms with Crippen molar-refractivity contribution in [1.82, 2.24) is 9.99 Å². The molecule has 1 heterocycles. The summed E-state index contributed by atoms with van der Waals surface area (Å²) in [7, 11) is 0. The largest absolute Gasteiger partial charge is 0.399 e. The van der Waals surface area contributed by atoms with Crippen molar-refractivity contribution in [2.45, 2.75) is 44.7 Å². The Bertz CT molecular complexity index is 1660. The number of carbonyl (C=O) groups is 1. The van der Waals surface area contributed by atoms with Gasteiger partial charge in [-0.2, -0.15) is 5.26 Å². The molecular weight excluding hydrogens is 564 g/mol. The van der Waals surface area contributed by atoms with Crippen molar-refractivity contribution in [3.05, 3.63) is 98.8 Å². The number of nitrogens with two attached hydrogens (primary N) is 2. The Morgan fingerprint density at radius 2 is 2.00 bits per heavy atom. The number of halogens is 3. The summed E-state index contributed by atoms with van der Waals surface area (Å²) in [5.41, 5.74) is 10.3. The van der Waals surface area contributed by atoms with Crippen molar-refractivity contribution < 1.29 is 9.18 Å². The number of allylic oxidation sites excluding steroid dienone is 3. The maximum atomic E-state index is 13.8. The molecule has 3 aromatic rings. The van der Waals surface area contributed by atoms with Crippen molar-refractivity contribution >= 4 is 51.3 Å². The van der Waals surface area contributed by atoms with Crippen LogP contribution in [-0.2, 0) is 4.79 Å². The highest BCUT2D eigenvalue weighted by Gasteiger charge is 2.27. The molecule has 11 heteroatoms. The summed E-state index contributed by atoms with van der Waals surface area (Å²) in [4.78, 5) is 16.8. The van der Waals surface area contributed by atoms with Gasteiger partial charge in [-0.05, 0) is 62.4 Å². The van der Waals surface area contributed by atoms with Gasteiger partial charge >= 0.3 is 0 Å². The first kappa shape index (κ1) is 28.4. The molecule has 41 heavy (non-hydrogen) atoms. The number of hydrazine groups is 1.